The van der Waals surface area contributed by atoms with Crippen molar-refractivity contribution in [3.8, 4) is 0 Å². The number of rotatable bonds is 2. The standard InChI is InChI=1S/C16H22N4O/c1-3-12-10-20(7-6-19(12)2)16(21)14-9-18-15-5-4-11(17)8-13(14)15/h4-5,8-9,12,18H,3,6-7,10,17H2,1-2H3. The van der Waals surface area contributed by atoms with Gasteiger partial charge in [-0.05, 0) is 31.7 Å². The van der Waals surface area contributed by atoms with Gasteiger partial charge in [-0.15, -0.1) is 0 Å². The molecule has 0 bridgehead atoms. The molecule has 1 amide bonds. The van der Waals surface area contributed by atoms with Crippen molar-refractivity contribution in [2.45, 2.75) is 19.4 Å². The van der Waals surface area contributed by atoms with Crippen molar-refractivity contribution in [3.63, 3.8) is 0 Å². The third-order valence-electron chi connectivity index (χ3n) is 4.47. The van der Waals surface area contributed by atoms with Gasteiger partial charge in [0, 0.05) is 48.5 Å². The third-order valence-corrected chi connectivity index (χ3v) is 4.47. The van der Waals surface area contributed by atoms with Gasteiger partial charge in [0.15, 0.2) is 0 Å². The lowest BCUT2D eigenvalue weighted by Crippen LogP contribution is -2.52. The second-order valence-electron chi connectivity index (χ2n) is 5.80. The maximum atomic E-state index is 12.8. The second kappa shape index (κ2) is 5.41. The number of piperazine rings is 1. The number of likely N-dealkylation sites (N-methyl/N-ethyl adjacent to an activating group) is 1. The number of aromatic amines is 1. The van der Waals surface area contributed by atoms with Crippen LogP contribution in [-0.4, -0.2) is 53.4 Å². The maximum Gasteiger partial charge on any atom is 0.256 e. The molecule has 5 heteroatoms. The normalized spacial score (nSPS) is 20.1. The summed E-state index contributed by atoms with van der Waals surface area (Å²) in [6.07, 6.45) is 2.85. The van der Waals surface area contributed by atoms with E-state index in [1.165, 1.54) is 0 Å². The van der Waals surface area contributed by atoms with Crippen LogP contribution in [0.25, 0.3) is 10.9 Å². The van der Waals surface area contributed by atoms with Gasteiger partial charge in [0.25, 0.3) is 5.91 Å². The molecule has 1 aliphatic heterocycles. The molecule has 2 aromatic rings. The van der Waals surface area contributed by atoms with E-state index in [-0.39, 0.29) is 5.91 Å². The van der Waals surface area contributed by atoms with E-state index >= 15 is 0 Å². The van der Waals surface area contributed by atoms with Crippen LogP contribution in [0.15, 0.2) is 24.4 Å². The number of nitrogens with one attached hydrogen (secondary N) is 1. The summed E-state index contributed by atoms with van der Waals surface area (Å²) < 4.78 is 0. The number of benzene rings is 1. The number of fused-ring (bicyclic) bond motifs is 1. The molecule has 5 nitrogen and oxygen atoms in total. The summed E-state index contributed by atoms with van der Waals surface area (Å²) in [6.45, 7) is 4.66. The van der Waals surface area contributed by atoms with Crippen LogP contribution < -0.4 is 5.73 Å². The Morgan fingerprint density at radius 2 is 2.24 bits per heavy atom. The first-order chi connectivity index (χ1) is 10.1. The van der Waals surface area contributed by atoms with Crippen LogP contribution in [0.4, 0.5) is 5.69 Å². The van der Waals surface area contributed by atoms with E-state index in [2.05, 4.69) is 23.9 Å². The first-order valence-corrected chi connectivity index (χ1v) is 7.46. The van der Waals surface area contributed by atoms with Gasteiger partial charge in [-0.2, -0.15) is 0 Å². The summed E-state index contributed by atoms with van der Waals surface area (Å²) in [5.74, 6) is 0.0957. The highest BCUT2D eigenvalue weighted by Gasteiger charge is 2.27. The zero-order valence-electron chi connectivity index (χ0n) is 12.6. The molecule has 1 atom stereocenters. The summed E-state index contributed by atoms with van der Waals surface area (Å²) in [5.41, 5.74) is 8.20. The lowest BCUT2D eigenvalue weighted by Gasteiger charge is -2.39. The molecule has 0 saturated carbocycles. The molecular weight excluding hydrogens is 264 g/mol. The summed E-state index contributed by atoms with van der Waals surface area (Å²) in [6, 6.07) is 6.07. The second-order valence-corrected chi connectivity index (χ2v) is 5.80. The zero-order valence-corrected chi connectivity index (χ0v) is 12.6. The Morgan fingerprint density at radius 1 is 1.43 bits per heavy atom. The molecule has 0 spiro atoms. The summed E-state index contributed by atoms with van der Waals surface area (Å²) >= 11 is 0. The molecule has 3 rings (SSSR count). The number of nitrogens with two attached hydrogens (primary N) is 1. The Kier molecular flexibility index (Phi) is 3.59. The van der Waals surface area contributed by atoms with E-state index in [4.69, 9.17) is 5.73 Å². The number of H-pyrrole nitrogens is 1. The van der Waals surface area contributed by atoms with Gasteiger partial charge in [0.05, 0.1) is 5.56 Å². The highest BCUT2D eigenvalue weighted by Crippen LogP contribution is 2.23. The lowest BCUT2D eigenvalue weighted by molar-refractivity contribution is 0.0544. The molecule has 112 valence electrons. The van der Waals surface area contributed by atoms with Crippen LogP contribution in [0.5, 0.6) is 0 Å². The summed E-state index contributed by atoms with van der Waals surface area (Å²) in [7, 11) is 2.13. The molecule has 1 fully saturated rings. The minimum atomic E-state index is 0.0957. The van der Waals surface area contributed by atoms with Gasteiger partial charge < -0.3 is 15.6 Å². The van der Waals surface area contributed by atoms with Gasteiger partial charge in [-0.1, -0.05) is 6.92 Å². The van der Waals surface area contributed by atoms with E-state index in [0.29, 0.717) is 11.7 Å². The molecule has 1 aromatic carbocycles. The topological polar surface area (TPSA) is 65.4 Å². The number of nitrogens with zero attached hydrogens (tertiary/aromatic N) is 2. The first-order valence-electron chi connectivity index (χ1n) is 7.46. The van der Waals surface area contributed by atoms with E-state index in [0.717, 1.165) is 42.5 Å². The van der Waals surface area contributed by atoms with Gasteiger partial charge in [0.2, 0.25) is 0 Å². The number of carbonyl (C=O) groups excluding carboxylic acids is 1. The molecule has 0 radical (unpaired) electrons. The molecule has 21 heavy (non-hydrogen) atoms. The van der Waals surface area contributed by atoms with Gasteiger partial charge in [-0.25, -0.2) is 0 Å². The highest BCUT2D eigenvalue weighted by molar-refractivity contribution is 6.07. The number of nitrogen functional groups attached to an aromatic ring is 1. The first kappa shape index (κ1) is 13.9. The van der Waals surface area contributed by atoms with Gasteiger partial charge >= 0.3 is 0 Å². The number of carbonyl (C=O) groups is 1. The van der Waals surface area contributed by atoms with Crippen LogP contribution in [0.1, 0.15) is 23.7 Å². The number of hydrogen-bond acceptors (Lipinski definition) is 3. The quantitative estimate of drug-likeness (QED) is 0.829. The predicted molar refractivity (Wildman–Crippen MR) is 85.3 cm³/mol. The largest absolute Gasteiger partial charge is 0.399 e. The fourth-order valence-electron chi connectivity index (χ4n) is 3.06. The minimum Gasteiger partial charge on any atom is -0.399 e. The number of aromatic nitrogens is 1. The maximum absolute atomic E-state index is 12.8. The molecule has 3 N–H and O–H groups in total. The smallest absolute Gasteiger partial charge is 0.256 e. The zero-order chi connectivity index (χ0) is 15.0. The van der Waals surface area contributed by atoms with E-state index in [1.54, 1.807) is 6.20 Å². The Bertz CT molecular complexity index is 663. The van der Waals surface area contributed by atoms with Crippen LogP contribution in [-0.2, 0) is 0 Å². The van der Waals surface area contributed by atoms with Crippen molar-refractivity contribution in [2.75, 3.05) is 32.4 Å². The Labute approximate surface area is 124 Å². The molecule has 1 unspecified atom stereocenters. The fourth-order valence-corrected chi connectivity index (χ4v) is 3.06. The van der Waals surface area contributed by atoms with Crippen molar-refractivity contribution in [2.24, 2.45) is 0 Å². The Hall–Kier alpha value is -2.01. The fraction of sp³-hybridized carbons (Fsp3) is 0.438. The van der Waals surface area contributed by atoms with Crippen molar-refractivity contribution in [1.29, 1.82) is 0 Å². The summed E-state index contributed by atoms with van der Waals surface area (Å²) in [5, 5.41) is 0.909. The number of anilines is 1. The van der Waals surface area contributed by atoms with Crippen molar-refractivity contribution >= 4 is 22.5 Å². The van der Waals surface area contributed by atoms with Crippen molar-refractivity contribution in [3.05, 3.63) is 30.0 Å². The highest BCUT2D eigenvalue weighted by atomic mass is 16.2. The Balaban J connectivity index is 1.88. The predicted octanol–water partition coefficient (Wildman–Crippen LogP) is 1.92. The average Bonchev–Trinajstić information content (AvgIpc) is 2.90. The number of hydrogen-bond donors (Lipinski definition) is 2. The van der Waals surface area contributed by atoms with Gasteiger partial charge in [-0.3, -0.25) is 9.69 Å². The summed E-state index contributed by atoms with van der Waals surface area (Å²) in [4.78, 5) is 20.2. The van der Waals surface area contributed by atoms with Crippen LogP contribution in [0.2, 0.25) is 0 Å². The van der Waals surface area contributed by atoms with Crippen LogP contribution >= 0.6 is 0 Å². The SMILES string of the molecule is CCC1CN(C(=O)c2c[nH]c3ccc(N)cc23)CCN1C. The van der Waals surface area contributed by atoms with E-state index in [1.807, 2.05) is 23.1 Å². The van der Waals surface area contributed by atoms with E-state index < -0.39 is 0 Å². The minimum absolute atomic E-state index is 0.0957. The average molecular weight is 286 g/mol. The van der Waals surface area contributed by atoms with Crippen molar-refractivity contribution in [1.82, 2.24) is 14.8 Å². The van der Waals surface area contributed by atoms with Crippen LogP contribution in [0.3, 0.4) is 0 Å². The number of amides is 1. The molecular formula is C16H22N4O. The lowest BCUT2D eigenvalue weighted by atomic mass is 10.1. The monoisotopic (exact) mass is 286 g/mol. The third kappa shape index (κ3) is 2.49. The van der Waals surface area contributed by atoms with Crippen LogP contribution in [0, 0.1) is 0 Å². The van der Waals surface area contributed by atoms with E-state index in [9.17, 15) is 4.79 Å². The Morgan fingerprint density at radius 3 is 3.00 bits per heavy atom. The molecule has 1 aromatic heterocycles. The molecule has 1 saturated heterocycles. The molecule has 2 heterocycles. The van der Waals surface area contributed by atoms with Crippen molar-refractivity contribution < 1.29 is 4.79 Å². The van der Waals surface area contributed by atoms with Gasteiger partial charge in [0.1, 0.15) is 0 Å². The molecule has 1 aliphatic rings. The molecule has 0 aliphatic carbocycles.